The van der Waals surface area contributed by atoms with Crippen LogP contribution >= 0.6 is 22.7 Å². The molecule has 0 aromatic carbocycles. The molecule has 0 bridgehead atoms. The number of thiophene rings is 2. The summed E-state index contributed by atoms with van der Waals surface area (Å²) in [5.41, 5.74) is 0. The number of hydrogen-bond acceptors (Lipinski definition) is 6. The molecule has 0 saturated heterocycles. The lowest BCUT2D eigenvalue weighted by molar-refractivity contribution is -0.139. The summed E-state index contributed by atoms with van der Waals surface area (Å²) in [6.07, 6.45) is 0.712. The van der Waals surface area contributed by atoms with Crippen molar-refractivity contribution in [3.8, 4) is 0 Å². The van der Waals surface area contributed by atoms with E-state index in [1.807, 2.05) is 6.92 Å². The van der Waals surface area contributed by atoms with Gasteiger partial charge in [-0.3, -0.25) is 9.59 Å². The van der Waals surface area contributed by atoms with Crippen LogP contribution in [-0.4, -0.2) is 33.3 Å². The highest BCUT2D eigenvalue weighted by Crippen LogP contribution is 2.33. The maximum absolute atomic E-state index is 12.8. The van der Waals surface area contributed by atoms with E-state index < -0.39 is 26.9 Å². The van der Waals surface area contributed by atoms with Crippen LogP contribution in [0.3, 0.4) is 0 Å². The van der Waals surface area contributed by atoms with Gasteiger partial charge in [0.05, 0.1) is 0 Å². The molecule has 0 aliphatic rings. The van der Waals surface area contributed by atoms with Crippen LogP contribution < -0.4 is 10.6 Å². The fourth-order valence-electron chi connectivity index (χ4n) is 1.99. The average Bonchev–Trinajstić information content (AvgIpc) is 3.25. The van der Waals surface area contributed by atoms with Crippen LogP contribution in [0.4, 0.5) is 0 Å². The summed E-state index contributed by atoms with van der Waals surface area (Å²) < 4.78 is 25.9. The highest BCUT2D eigenvalue weighted by molar-refractivity contribution is 7.93. The molecule has 2 aromatic heterocycles. The van der Waals surface area contributed by atoms with Gasteiger partial charge >= 0.3 is 11.8 Å². The first-order valence-electron chi connectivity index (χ1n) is 7.33. The van der Waals surface area contributed by atoms with E-state index in [4.69, 9.17) is 0 Å². The number of hydrogen-bond donors (Lipinski definition) is 2. The smallest absolute Gasteiger partial charge is 0.309 e. The lowest BCUT2D eigenvalue weighted by Gasteiger charge is -2.16. The van der Waals surface area contributed by atoms with Crippen LogP contribution in [0.15, 0.2) is 39.2 Å². The lowest BCUT2D eigenvalue weighted by Crippen LogP contribution is -2.42. The number of amides is 2. The van der Waals surface area contributed by atoms with Gasteiger partial charge < -0.3 is 10.6 Å². The van der Waals surface area contributed by atoms with Crippen LogP contribution in [0.5, 0.6) is 0 Å². The Morgan fingerprint density at radius 1 is 1.08 bits per heavy atom. The van der Waals surface area contributed by atoms with Gasteiger partial charge in [0.2, 0.25) is 0 Å². The Labute approximate surface area is 148 Å². The second-order valence-corrected chi connectivity index (χ2v) is 9.23. The second-order valence-electron chi connectivity index (χ2n) is 4.95. The lowest BCUT2D eigenvalue weighted by atomic mass is 10.3. The standard InChI is InChI=1S/C15H18N2O4S3/c1-2-7-16-14(18)15(19)17-10-12(11-5-3-8-22-11)24(20,21)13-6-4-9-23-13/h3-6,8-9,12H,2,7,10H2,1H3,(H,16,18)(H,17,19). The van der Waals surface area contributed by atoms with Crippen molar-refractivity contribution >= 4 is 44.3 Å². The minimum absolute atomic E-state index is 0.154. The molecule has 0 aliphatic carbocycles. The Kier molecular flexibility index (Phi) is 6.52. The van der Waals surface area contributed by atoms with Crippen molar-refractivity contribution in [2.75, 3.05) is 13.1 Å². The van der Waals surface area contributed by atoms with Crippen LogP contribution in [0.1, 0.15) is 23.5 Å². The molecule has 0 radical (unpaired) electrons. The molecule has 2 aromatic rings. The van der Waals surface area contributed by atoms with E-state index >= 15 is 0 Å². The maximum Gasteiger partial charge on any atom is 0.309 e. The molecule has 9 heteroatoms. The summed E-state index contributed by atoms with van der Waals surface area (Å²) >= 11 is 2.43. The van der Waals surface area contributed by atoms with Gasteiger partial charge in [-0.2, -0.15) is 0 Å². The molecule has 2 amide bonds. The number of carbonyl (C=O) groups is 2. The highest BCUT2D eigenvalue weighted by Gasteiger charge is 2.31. The summed E-state index contributed by atoms with van der Waals surface area (Å²) in [6.45, 7) is 2.12. The summed E-state index contributed by atoms with van der Waals surface area (Å²) in [4.78, 5) is 24.1. The summed E-state index contributed by atoms with van der Waals surface area (Å²) in [5, 5.41) is 7.44. The van der Waals surface area contributed by atoms with E-state index in [-0.39, 0.29) is 10.8 Å². The third-order valence-electron chi connectivity index (χ3n) is 3.20. The van der Waals surface area contributed by atoms with Gasteiger partial charge in [0.15, 0.2) is 9.84 Å². The number of carbonyl (C=O) groups excluding carboxylic acids is 2. The van der Waals surface area contributed by atoms with Gasteiger partial charge in [0, 0.05) is 18.0 Å². The van der Waals surface area contributed by atoms with Gasteiger partial charge in [-0.1, -0.05) is 19.1 Å². The number of nitrogens with one attached hydrogen (secondary N) is 2. The number of rotatable bonds is 7. The molecular weight excluding hydrogens is 368 g/mol. The maximum atomic E-state index is 12.8. The van der Waals surface area contributed by atoms with Crippen LogP contribution in [0.2, 0.25) is 0 Å². The molecule has 1 atom stereocenters. The summed E-state index contributed by atoms with van der Waals surface area (Å²) in [5.74, 6) is -1.58. The zero-order valence-corrected chi connectivity index (χ0v) is 15.5. The first-order chi connectivity index (χ1) is 11.5. The first kappa shape index (κ1) is 18.6. The molecule has 1 unspecified atom stereocenters. The Morgan fingerprint density at radius 2 is 1.75 bits per heavy atom. The predicted octanol–water partition coefficient (Wildman–Crippen LogP) is 1.97. The van der Waals surface area contributed by atoms with Gasteiger partial charge in [0.25, 0.3) is 0 Å². The minimum atomic E-state index is -3.64. The van der Waals surface area contributed by atoms with E-state index in [0.29, 0.717) is 17.8 Å². The normalized spacial score (nSPS) is 12.5. The van der Waals surface area contributed by atoms with E-state index in [2.05, 4.69) is 10.6 Å². The molecular formula is C15H18N2O4S3. The van der Waals surface area contributed by atoms with Gasteiger partial charge in [0.1, 0.15) is 9.46 Å². The molecule has 6 nitrogen and oxygen atoms in total. The zero-order chi connectivity index (χ0) is 17.6. The fourth-order valence-corrected chi connectivity index (χ4v) is 5.98. The molecule has 0 fully saturated rings. The van der Waals surface area contributed by atoms with Crippen molar-refractivity contribution in [1.29, 1.82) is 0 Å². The monoisotopic (exact) mass is 386 g/mol. The molecule has 0 aliphatic heterocycles. The van der Waals surface area contributed by atoms with Crippen LogP contribution in [0.25, 0.3) is 0 Å². The second kappa shape index (κ2) is 8.41. The van der Waals surface area contributed by atoms with E-state index in [9.17, 15) is 18.0 Å². The van der Waals surface area contributed by atoms with Crippen LogP contribution in [0, 0.1) is 0 Å². The van der Waals surface area contributed by atoms with Crippen molar-refractivity contribution in [3.63, 3.8) is 0 Å². The third kappa shape index (κ3) is 4.43. The van der Waals surface area contributed by atoms with Gasteiger partial charge in [-0.25, -0.2) is 8.42 Å². The number of sulfone groups is 1. The topological polar surface area (TPSA) is 92.3 Å². The van der Waals surface area contributed by atoms with Crippen molar-refractivity contribution in [2.24, 2.45) is 0 Å². The fraction of sp³-hybridized carbons (Fsp3) is 0.333. The molecule has 130 valence electrons. The van der Waals surface area contributed by atoms with E-state index in [0.717, 1.165) is 11.3 Å². The average molecular weight is 387 g/mol. The third-order valence-corrected chi connectivity index (χ3v) is 7.85. The molecule has 0 spiro atoms. The first-order valence-corrected chi connectivity index (χ1v) is 10.6. The van der Waals surface area contributed by atoms with Crippen molar-refractivity contribution in [3.05, 3.63) is 39.9 Å². The minimum Gasteiger partial charge on any atom is -0.348 e. The zero-order valence-electron chi connectivity index (χ0n) is 13.0. The van der Waals surface area contributed by atoms with E-state index in [1.165, 1.54) is 17.4 Å². The molecule has 2 N–H and O–H groups in total. The van der Waals surface area contributed by atoms with Crippen LogP contribution in [-0.2, 0) is 19.4 Å². The van der Waals surface area contributed by atoms with Crippen molar-refractivity contribution in [1.82, 2.24) is 10.6 Å². The van der Waals surface area contributed by atoms with Gasteiger partial charge in [-0.05, 0) is 29.3 Å². The Morgan fingerprint density at radius 3 is 2.33 bits per heavy atom. The van der Waals surface area contributed by atoms with Crippen molar-refractivity contribution < 1.29 is 18.0 Å². The quantitative estimate of drug-likeness (QED) is 0.712. The Bertz CT molecular complexity index is 768. The SMILES string of the molecule is CCCNC(=O)C(=O)NCC(c1cccs1)S(=O)(=O)c1cccs1. The summed E-state index contributed by atoms with van der Waals surface area (Å²) in [6, 6.07) is 6.67. The molecule has 24 heavy (non-hydrogen) atoms. The Balaban J connectivity index is 2.14. The largest absolute Gasteiger partial charge is 0.348 e. The molecule has 2 heterocycles. The summed E-state index contributed by atoms with van der Waals surface area (Å²) in [7, 11) is -3.64. The van der Waals surface area contributed by atoms with E-state index in [1.54, 1.807) is 29.0 Å². The predicted molar refractivity (Wildman–Crippen MR) is 94.9 cm³/mol. The van der Waals surface area contributed by atoms with Gasteiger partial charge in [-0.15, -0.1) is 22.7 Å². The molecule has 2 rings (SSSR count). The van der Waals surface area contributed by atoms with Crippen molar-refractivity contribution in [2.45, 2.75) is 22.8 Å². The Hall–Kier alpha value is -1.71. The molecule has 0 saturated carbocycles. The highest BCUT2D eigenvalue weighted by atomic mass is 32.2.